The number of piperidine rings is 2. The van der Waals surface area contributed by atoms with Crippen LogP contribution in [-0.4, -0.2) is 122 Å². The number of likely N-dealkylation sites (tertiary alicyclic amines) is 1. The van der Waals surface area contributed by atoms with E-state index in [4.69, 9.17) is 32.9 Å². The standard InChI is InChI=1S/C44H42Cl2N10O7/c1-24(39-32(45)21-47-22-33(39)46)63-28-4-6-34-31(19-28)40(52-51-34)26-2-8-36(49-20-26)53-14-16-55(17-15-53)42(60)25-10-12-54(13-11-25)38(58)23-48-27-3-5-29-30(18-27)44(62)56(43(29)61)35-7-9-37(57)50-41(35)59/h2-6,8,18-22,24-25,35,48H,7,9-17,23H2,1H3,(H,51,52)(H,50,57,59)/t24-,35?/m1/s1. The zero-order chi connectivity index (χ0) is 43.9. The first-order valence-electron chi connectivity index (χ1n) is 20.7. The smallest absolute Gasteiger partial charge is 0.262 e. The van der Waals surface area contributed by atoms with Gasteiger partial charge < -0.3 is 24.8 Å². The molecule has 7 heterocycles. The Morgan fingerprint density at radius 2 is 1.60 bits per heavy atom. The van der Waals surface area contributed by atoms with E-state index in [-0.39, 0.29) is 48.2 Å². The molecular weight excluding hydrogens is 851 g/mol. The molecule has 6 amide bonds. The van der Waals surface area contributed by atoms with E-state index in [9.17, 15) is 28.8 Å². The van der Waals surface area contributed by atoms with Gasteiger partial charge in [0.15, 0.2) is 0 Å². The van der Waals surface area contributed by atoms with Crippen molar-refractivity contribution in [1.29, 1.82) is 0 Å². The number of amides is 6. The summed E-state index contributed by atoms with van der Waals surface area (Å²) in [5.41, 5.74) is 3.84. The van der Waals surface area contributed by atoms with Crippen molar-refractivity contribution in [2.75, 3.05) is 56.0 Å². The normalized spacial score (nSPS) is 18.7. The van der Waals surface area contributed by atoms with Crippen molar-refractivity contribution in [2.24, 2.45) is 5.92 Å². The molecule has 63 heavy (non-hydrogen) atoms. The van der Waals surface area contributed by atoms with Crippen molar-refractivity contribution in [3.05, 3.63) is 93.9 Å². The number of piperazine rings is 1. The molecule has 3 aromatic heterocycles. The monoisotopic (exact) mass is 892 g/mol. The lowest BCUT2D eigenvalue weighted by Gasteiger charge is -2.39. The Balaban J connectivity index is 0.738. The van der Waals surface area contributed by atoms with Crippen molar-refractivity contribution >= 4 is 81.1 Å². The van der Waals surface area contributed by atoms with Gasteiger partial charge in [-0.05, 0) is 74.7 Å². The number of carbonyl (C=O) groups excluding carboxylic acids is 6. The van der Waals surface area contributed by atoms with Gasteiger partial charge in [0.25, 0.3) is 11.8 Å². The molecule has 4 aliphatic rings. The number of ether oxygens (including phenoxy) is 1. The second kappa shape index (κ2) is 17.3. The van der Waals surface area contributed by atoms with Gasteiger partial charge in [-0.2, -0.15) is 5.10 Å². The van der Waals surface area contributed by atoms with Gasteiger partial charge in [-0.25, -0.2) is 4.98 Å². The summed E-state index contributed by atoms with van der Waals surface area (Å²) in [6.07, 6.45) is 5.67. The number of pyridine rings is 2. The second-order valence-electron chi connectivity index (χ2n) is 16.0. The van der Waals surface area contributed by atoms with Crippen LogP contribution >= 0.6 is 23.2 Å². The van der Waals surface area contributed by atoms with Crippen LogP contribution in [0.3, 0.4) is 0 Å². The van der Waals surface area contributed by atoms with Gasteiger partial charge >= 0.3 is 0 Å². The summed E-state index contributed by atoms with van der Waals surface area (Å²) in [5.74, 6) is -1.12. The Labute approximate surface area is 371 Å². The van der Waals surface area contributed by atoms with E-state index in [0.29, 0.717) is 79.2 Å². The lowest BCUT2D eigenvalue weighted by Crippen LogP contribution is -2.54. The molecule has 0 saturated carbocycles. The van der Waals surface area contributed by atoms with Crippen molar-refractivity contribution in [1.82, 2.24) is 40.2 Å². The van der Waals surface area contributed by atoms with Gasteiger partial charge in [0.2, 0.25) is 23.6 Å². The third-order valence-electron chi connectivity index (χ3n) is 12.2. The number of hydrogen-bond donors (Lipinski definition) is 3. The highest BCUT2D eigenvalue weighted by atomic mass is 35.5. The van der Waals surface area contributed by atoms with Crippen LogP contribution in [0.25, 0.3) is 22.2 Å². The maximum absolute atomic E-state index is 13.6. The van der Waals surface area contributed by atoms with Crippen molar-refractivity contribution in [2.45, 2.75) is 44.8 Å². The third-order valence-corrected chi connectivity index (χ3v) is 12.8. The van der Waals surface area contributed by atoms with Crippen LogP contribution < -0.4 is 20.3 Å². The number of nitrogens with one attached hydrogen (secondary N) is 3. The van der Waals surface area contributed by atoms with Gasteiger partial charge in [-0.1, -0.05) is 23.2 Å². The van der Waals surface area contributed by atoms with Gasteiger partial charge in [0.1, 0.15) is 29.4 Å². The minimum atomic E-state index is -1.06. The van der Waals surface area contributed by atoms with Crippen LogP contribution in [0.5, 0.6) is 5.75 Å². The largest absolute Gasteiger partial charge is 0.486 e. The summed E-state index contributed by atoms with van der Waals surface area (Å²) in [4.78, 5) is 92.5. The van der Waals surface area contributed by atoms with E-state index in [1.54, 1.807) is 17.2 Å². The number of hydrogen-bond acceptors (Lipinski definition) is 12. The molecule has 324 valence electrons. The third kappa shape index (κ3) is 8.25. The van der Waals surface area contributed by atoms with E-state index >= 15 is 0 Å². The van der Waals surface area contributed by atoms with Crippen molar-refractivity contribution < 1.29 is 33.5 Å². The first kappa shape index (κ1) is 41.7. The van der Waals surface area contributed by atoms with Crippen molar-refractivity contribution in [3.8, 4) is 17.0 Å². The lowest BCUT2D eigenvalue weighted by molar-refractivity contribution is -0.140. The summed E-state index contributed by atoms with van der Waals surface area (Å²) < 4.78 is 6.23. The van der Waals surface area contributed by atoms with Gasteiger partial charge in [-0.15, -0.1) is 0 Å². The van der Waals surface area contributed by atoms with E-state index in [0.717, 1.165) is 32.9 Å². The zero-order valence-corrected chi connectivity index (χ0v) is 35.6. The van der Waals surface area contributed by atoms with Crippen LogP contribution in [0.2, 0.25) is 10.0 Å². The summed E-state index contributed by atoms with van der Waals surface area (Å²) in [6.45, 7) is 5.11. The first-order valence-corrected chi connectivity index (χ1v) is 21.5. The first-order chi connectivity index (χ1) is 30.4. The fourth-order valence-electron chi connectivity index (χ4n) is 8.73. The summed E-state index contributed by atoms with van der Waals surface area (Å²) >= 11 is 12.7. The quantitative estimate of drug-likeness (QED) is 0.161. The van der Waals surface area contributed by atoms with Gasteiger partial charge in [-0.3, -0.25) is 49.1 Å². The average molecular weight is 894 g/mol. The molecule has 5 aromatic rings. The molecule has 2 atom stereocenters. The number of rotatable bonds is 10. The predicted octanol–water partition coefficient (Wildman–Crippen LogP) is 4.87. The Morgan fingerprint density at radius 3 is 2.32 bits per heavy atom. The van der Waals surface area contributed by atoms with Crippen LogP contribution in [-0.2, 0) is 19.2 Å². The lowest BCUT2D eigenvalue weighted by atomic mass is 9.95. The summed E-state index contributed by atoms with van der Waals surface area (Å²) in [5, 5.41) is 14.6. The predicted molar refractivity (Wildman–Crippen MR) is 232 cm³/mol. The van der Waals surface area contributed by atoms with E-state index in [2.05, 4.69) is 30.7 Å². The molecule has 3 fully saturated rings. The maximum atomic E-state index is 13.6. The zero-order valence-electron chi connectivity index (χ0n) is 34.1. The van der Waals surface area contributed by atoms with Gasteiger partial charge in [0.05, 0.1) is 33.2 Å². The molecule has 4 aliphatic heterocycles. The van der Waals surface area contributed by atoms with Gasteiger partial charge in [0, 0.05) is 92.4 Å². The number of fused-ring (bicyclic) bond motifs is 2. The van der Waals surface area contributed by atoms with E-state index in [1.807, 2.05) is 42.2 Å². The highest BCUT2D eigenvalue weighted by molar-refractivity contribution is 6.35. The Bertz CT molecular complexity index is 2640. The number of aromatic amines is 1. The molecule has 3 N–H and O–H groups in total. The molecule has 3 saturated heterocycles. The van der Waals surface area contributed by atoms with Crippen LogP contribution in [0, 0.1) is 5.92 Å². The average Bonchev–Trinajstić information content (AvgIpc) is 3.82. The molecule has 19 heteroatoms. The SMILES string of the molecule is C[C@@H](Oc1ccc2[nH]nc(-c3ccc(N4CCN(C(=O)C5CCN(C(=O)CNc6ccc7c(c6)C(=O)N(C6CCC(=O)NC6=O)C7=O)CC5)CC4)nc3)c2c1)c1c(Cl)cncc1Cl. The number of benzene rings is 2. The van der Waals surface area contributed by atoms with E-state index in [1.165, 1.54) is 24.5 Å². The molecule has 17 nitrogen and oxygen atoms in total. The molecule has 0 spiro atoms. The Hall–Kier alpha value is -6.59. The minimum Gasteiger partial charge on any atom is -0.486 e. The maximum Gasteiger partial charge on any atom is 0.262 e. The van der Waals surface area contributed by atoms with Crippen LogP contribution in [0.15, 0.2) is 67.1 Å². The van der Waals surface area contributed by atoms with E-state index < -0.39 is 35.8 Å². The topological polar surface area (TPSA) is 203 Å². The molecule has 1 unspecified atom stereocenters. The summed E-state index contributed by atoms with van der Waals surface area (Å²) in [7, 11) is 0. The molecule has 2 aromatic carbocycles. The fraction of sp³-hybridized carbons (Fsp3) is 0.341. The summed E-state index contributed by atoms with van der Waals surface area (Å²) in [6, 6.07) is 13.2. The van der Waals surface area contributed by atoms with Crippen LogP contribution in [0.1, 0.15) is 65.0 Å². The fourth-order valence-corrected chi connectivity index (χ4v) is 9.40. The molecular formula is C44H42Cl2N10O7. The Morgan fingerprint density at radius 1 is 0.857 bits per heavy atom. The number of aromatic nitrogens is 4. The number of carbonyl (C=O) groups is 6. The number of halogens is 2. The molecule has 0 aliphatic carbocycles. The van der Waals surface area contributed by atoms with Crippen LogP contribution in [0.4, 0.5) is 11.5 Å². The second-order valence-corrected chi connectivity index (χ2v) is 16.8. The number of anilines is 2. The molecule has 0 radical (unpaired) electrons. The molecule has 9 rings (SSSR count). The highest BCUT2D eigenvalue weighted by Gasteiger charge is 2.44. The minimum absolute atomic E-state index is 0.0333. The number of H-pyrrole nitrogens is 1. The highest BCUT2D eigenvalue weighted by Crippen LogP contribution is 2.36. The van der Waals surface area contributed by atoms with Crippen molar-refractivity contribution in [3.63, 3.8) is 0 Å². The number of nitrogens with zero attached hydrogens (tertiary/aromatic N) is 7. The number of imide groups is 2. The Kier molecular flexibility index (Phi) is 11.5. The molecule has 0 bridgehead atoms.